The molecule has 0 atom stereocenters. The molecular weight excluding hydrogens is 272 g/mol. The van der Waals surface area contributed by atoms with Crippen LogP contribution in [-0.2, 0) is 9.59 Å². The summed E-state index contributed by atoms with van der Waals surface area (Å²) in [7, 11) is 0. The van der Waals surface area contributed by atoms with Gasteiger partial charge >= 0.3 is 0 Å². The summed E-state index contributed by atoms with van der Waals surface area (Å²) < 4.78 is 11.0. The van der Waals surface area contributed by atoms with Crippen molar-refractivity contribution in [2.24, 2.45) is 0 Å². The minimum absolute atomic E-state index is 0.0358. The van der Waals surface area contributed by atoms with Crippen molar-refractivity contribution in [3.63, 3.8) is 0 Å². The Bertz CT molecular complexity index is 557. The molecule has 1 aliphatic rings. The number of likely N-dealkylation sites (N-methyl/N-ethyl adjacent to an activating group) is 1. The fourth-order valence-corrected chi connectivity index (χ4v) is 2.01. The zero-order chi connectivity index (χ0) is 15.2. The van der Waals surface area contributed by atoms with Gasteiger partial charge in [0.05, 0.1) is 5.69 Å². The Morgan fingerprint density at radius 1 is 1.38 bits per heavy atom. The van der Waals surface area contributed by atoms with E-state index in [-0.39, 0.29) is 18.4 Å². The first-order chi connectivity index (χ1) is 10.2. The number of carbonyl (C=O) groups is 2. The zero-order valence-electron chi connectivity index (χ0n) is 11.9. The number of hydrogen-bond acceptors (Lipinski definition) is 4. The van der Waals surface area contributed by atoms with Crippen LogP contribution in [0.3, 0.4) is 0 Å². The minimum atomic E-state index is -0.297. The average Bonchev–Trinajstić information content (AvgIpc) is 2.52. The number of hydrogen-bond donors (Lipinski definition) is 1. The number of fused-ring (bicyclic) bond motifs is 1. The summed E-state index contributed by atoms with van der Waals surface area (Å²) in [5, 5.41) is 2.74. The maximum atomic E-state index is 12.1. The highest BCUT2D eigenvalue weighted by Crippen LogP contribution is 2.37. The molecule has 6 heteroatoms. The van der Waals surface area contributed by atoms with Crippen molar-refractivity contribution in [2.75, 3.05) is 31.6 Å². The van der Waals surface area contributed by atoms with Crippen molar-refractivity contribution in [2.45, 2.75) is 6.92 Å². The maximum Gasteiger partial charge on any atom is 0.246 e. The molecule has 0 aliphatic carbocycles. The van der Waals surface area contributed by atoms with Crippen LogP contribution in [0.25, 0.3) is 0 Å². The predicted molar refractivity (Wildman–Crippen MR) is 78.5 cm³/mol. The molecule has 1 aromatic rings. The van der Waals surface area contributed by atoms with Gasteiger partial charge in [-0.1, -0.05) is 12.6 Å². The Balaban J connectivity index is 2.06. The highest BCUT2D eigenvalue weighted by molar-refractivity contribution is 5.97. The lowest BCUT2D eigenvalue weighted by Gasteiger charge is -2.22. The number of nitrogens with one attached hydrogen (secondary N) is 1. The van der Waals surface area contributed by atoms with E-state index < -0.39 is 0 Å². The quantitative estimate of drug-likeness (QED) is 0.833. The van der Waals surface area contributed by atoms with Crippen LogP contribution in [0.2, 0.25) is 0 Å². The number of ether oxygens (including phenoxy) is 2. The molecule has 0 saturated carbocycles. The van der Waals surface area contributed by atoms with Crippen LogP contribution < -0.4 is 14.8 Å². The minimum Gasteiger partial charge on any atom is -0.486 e. The molecule has 1 N–H and O–H groups in total. The van der Waals surface area contributed by atoms with Gasteiger partial charge in [-0.15, -0.1) is 0 Å². The van der Waals surface area contributed by atoms with E-state index in [0.29, 0.717) is 36.9 Å². The first kappa shape index (κ1) is 14.9. The molecule has 1 aromatic carbocycles. The van der Waals surface area contributed by atoms with Crippen molar-refractivity contribution in [1.82, 2.24) is 4.90 Å². The summed E-state index contributed by atoms with van der Waals surface area (Å²) in [6.07, 6.45) is 1.19. The zero-order valence-corrected chi connectivity index (χ0v) is 11.9. The molecule has 0 saturated heterocycles. The van der Waals surface area contributed by atoms with Crippen LogP contribution in [0.5, 0.6) is 11.5 Å². The van der Waals surface area contributed by atoms with E-state index >= 15 is 0 Å². The summed E-state index contributed by atoms with van der Waals surface area (Å²) in [5.74, 6) is 0.556. The first-order valence-corrected chi connectivity index (χ1v) is 6.75. The van der Waals surface area contributed by atoms with E-state index in [9.17, 15) is 9.59 Å². The van der Waals surface area contributed by atoms with Crippen molar-refractivity contribution in [3.05, 3.63) is 30.9 Å². The molecule has 0 bridgehead atoms. The van der Waals surface area contributed by atoms with Crippen molar-refractivity contribution in [1.29, 1.82) is 0 Å². The van der Waals surface area contributed by atoms with E-state index in [0.717, 1.165) is 0 Å². The van der Waals surface area contributed by atoms with E-state index in [1.54, 1.807) is 25.1 Å². The molecule has 112 valence electrons. The van der Waals surface area contributed by atoms with E-state index in [2.05, 4.69) is 11.9 Å². The number of carbonyl (C=O) groups excluding carboxylic acids is 2. The normalized spacial score (nSPS) is 12.4. The van der Waals surface area contributed by atoms with Crippen LogP contribution in [0.4, 0.5) is 5.69 Å². The third-order valence-electron chi connectivity index (χ3n) is 3.04. The van der Waals surface area contributed by atoms with Crippen LogP contribution >= 0.6 is 0 Å². The SMILES string of the molecule is C=CC(=O)N(CC)CC(=O)Nc1cccc2c1OCCO2. The average molecular weight is 290 g/mol. The topological polar surface area (TPSA) is 67.9 Å². The van der Waals surface area contributed by atoms with Gasteiger partial charge in [0, 0.05) is 6.54 Å². The van der Waals surface area contributed by atoms with Crippen molar-refractivity contribution in [3.8, 4) is 11.5 Å². The van der Waals surface area contributed by atoms with Crippen LogP contribution in [0.1, 0.15) is 6.92 Å². The molecule has 6 nitrogen and oxygen atoms in total. The Morgan fingerprint density at radius 2 is 2.14 bits per heavy atom. The Kier molecular flexibility index (Phi) is 4.81. The summed E-state index contributed by atoms with van der Waals surface area (Å²) in [6.45, 7) is 6.55. The van der Waals surface area contributed by atoms with Gasteiger partial charge in [-0.25, -0.2) is 0 Å². The summed E-state index contributed by atoms with van der Waals surface area (Å²) in [5.41, 5.74) is 0.541. The van der Waals surface area contributed by atoms with Crippen LogP contribution in [0.15, 0.2) is 30.9 Å². The maximum absolute atomic E-state index is 12.1. The molecule has 0 radical (unpaired) electrons. The molecule has 0 fully saturated rings. The Morgan fingerprint density at radius 3 is 2.86 bits per heavy atom. The number of amides is 2. The molecular formula is C15H18N2O4. The second kappa shape index (κ2) is 6.78. The highest BCUT2D eigenvalue weighted by Gasteiger charge is 2.18. The van der Waals surface area contributed by atoms with E-state index in [1.807, 2.05) is 0 Å². The van der Waals surface area contributed by atoms with Gasteiger partial charge < -0.3 is 19.7 Å². The van der Waals surface area contributed by atoms with Gasteiger partial charge in [-0.05, 0) is 25.1 Å². The third-order valence-corrected chi connectivity index (χ3v) is 3.04. The summed E-state index contributed by atoms with van der Waals surface area (Å²) >= 11 is 0. The standard InChI is InChI=1S/C15H18N2O4/c1-3-14(19)17(4-2)10-13(18)16-11-6-5-7-12-15(11)21-9-8-20-12/h3,5-7H,1,4,8-10H2,2H3,(H,16,18). The number of rotatable bonds is 5. The van der Waals surface area contributed by atoms with Gasteiger partial charge in [0.1, 0.15) is 19.8 Å². The summed E-state index contributed by atoms with van der Waals surface area (Å²) in [6, 6.07) is 5.29. The molecule has 1 heterocycles. The third kappa shape index (κ3) is 3.53. The lowest BCUT2D eigenvalue weighted by atomic mass is 10.2. The molecule has 2 amide bonds. The molecule has 0 aromatic heterocycles. The predicted octanol–water partition coefficient (Wildman–Crippen LogP) is 1.43. The van der Waals surface area contributed by atoms with Gasteiger partial charge in [-0.2, -0.15) is 0 Å². The Hall–Kier alpha value is -2.50. The first-order valence-electron chi connectivity index (χ1n) is 6.75. The smallest absolute Gasteiger partial charge is 0.246 e. The Labute approximate surface area is 123 Å². The van der Waals surface area contributed by atoms with E-state index in [4.69, 9.17) is 9.47 Å². The number of nitrogens with zero attached hydrogens (tertiary/aromatic N) is 1. The molecule has 21 heavy (non-hydrogen) atoms. The second-order valence-electron chi connectivity index (χ2n) is 4.43. The van der Waals surface area contributed by atoms with E-state index in [1.165, 1.54) is 11.0 Å². The van der Waals surface area contributed by atoms with Gasteiger partial charge in [-0.3, -0.25) is 9.59 Å². The molecule has 1 aliphatic heterocycles. The molecule has 0 unspecified atom stereocenters. The van der Waals surface area contributed by atoms with Gasteiger partial charge in [0.25, 0.3) is 0 Å². The summed E-state index contributed by atoms with van der Waals surface area (Å²) in [4.78, 5) is 25.0. The largest absolute Gasteiger partial charge is 0.486 e. The highest BCUT2D eigenvalue weighted by atomic mass is 16.6. The lowest BCUT2D eigenvalue weighted by Crippen LogP contribution is -2.36. The number of para-hydroxylation sites is 1. The van der Waals surface area contributed by atoms with Crippen molar-refractivity contribution >= 4 is 17.5 Å². The van der Waals surface area contributed by atoms with Gasteiger partial charge in [0.15, 0.2) is 11.5 Å². The van der Waals surface area contributed by atoms with Crippen LogP contribution in [-0.4, -0.2) is 43.0 Å². The molecule has 0 spiro atoms. The fraction of sp³-hybridized carbons (Fsp3) is 0.333. The second-order valence-corrected chi connectivity index (χ2v) is 4.43. The van der Waals surface area contributed by atoms with Gasteiger partial charge in [0.2, 0.25) is 11.8 Å². The number of benzene rings is 1. The monoisotopic (exact) mass is 290 g/mol. The lowest BCUT2D eigenvalue weighted by molar-refractivity contribution is -0.130. The molecule has 2 rings (SSSR count). The van der Waals surface area contributed by atoms with Crippen molar-refractivity contribution < 1.29 is 19.1 Å². The fourth-order valence-electron chi connectivity index (χ4n) is 2.01. The van der Waals surface area contributed by atoms with Crippen LogP contribution in [0, 0.1) is 0 Å². The number of anilines is 1.